The highest BCUT2D eigenvalue weighted by atomic mass is 32.2. The predicted molar refractivity (Wildman–Crippen MR) is 114 cm³/mol. The molecule has 2 heterocycles. The fourth-order valence-corrected chi connectivity index (χ4v) is 5.70. The van der Waals surface area contributed by atoms with Crippen LogP contribution < -0.4 is 5.32 Å². The Hall–Kier alpha value is -1.66. The van der Waals surface area contributed by atoms with E-state index in [1.165, 1.54) is 17.4 Å². The summed E-state index contributed by atoms with van der Waals surface area (Å²) in [4.78, 5) is 27.2. The number of β-lactam (4-membered cyclic amide) rings is 1. The van der Waals surface area contributed by atoms with Crippen molar-refractivity contribution < 1.29 is 9.59 Å². The number of hydrogen-bond acceptors (Lipinski definition) is 4. The van der Waals surface area contributed by atoms with Gasteiger partial charge in [-0.1, -0.05) is 55.9 Å². The van der Waals surface area contributed by atoms with E-state index in [0.29, 0.717) is 5.25 Å². The smallest absolute Gasteiger partial charge is 0.233 e. The number of benzene rings is 1. The van der Waals surface area contributed by atoms with Gasteiger partial charge in [0.25, 0.3) is 0 Å². The molecule has 1 aromatic rings. The molecule has 2 aliphatic heterocycles. The number of nitrogens with zero attached hydrogens (tertiary/aromatic N) is 1. The van der Waals surface area contributed by atoms with Gasteiger partial charge in [0.2, 0.25) is 11.8 Å². The summed E-state index contributed by atoms with van der Waals surface area (Å²) in [5.41, 5.74) is 2.34. The van der Waals surface area contributed by atoms with E-state index in [2.05, 4.69) is 31.3 Å². The van der Waals surface area contributed by atoms with Crippen LogP contribution in [0.4, 0.5) is 0 Å². The summed E-state index contributed by atoms with van der Waals surface area (Å²) < 4.78 is 0. The first-order chi connectivity index (χ1) is 13.0. The number of thioether (sulfide) groups is 2. The normalized spacial score (nSPS) is 22.8. The molecule has 0 spiro atoms. The molecule has 4 nitrogen and oxygen atoms in total. The first-order valence-corrected chi connectivity index (χ1v) is 11.2. The maximum Gasteiger partial charge on any atom is 0.233 e. The SMILES string of the molecule is CCS[C@@H](C)[C@H]1C(=O)N2C(Cc3ccccc3)=C(S/C=C/NC(C)=O)C[C@H]12. The Morgan fingerprint density at radius 1 is 1.37 bits per heavy atom. The van der Waals surface area contributed by atoms with Crippen molar-refractivity contribution in [2.24, 2.45) is 5.92 Å². The van der Waals surface area contributed by atoms with Crippen molar-refractivity contribution in [1.29, 1.82) is 0 Å². The summed E-state index contributed by atoms with van der Waals surface area (Å²) in [5, 5.41) is 4.93. The van der Waals surface area contributed by atoms with Crippen molar-refractivity contribution in [3.05, 3.63) is 58.1 Å². The van der Waals surface area contributed by atoms with Gasteiger partial charge in [0.15, 0.2) is 0 Å². The first-order valence-electron chi connectivity index (χ1n) is 9.32. The van der Waals surface area contributed by atoms with Crippen molar-refractivity contribution in [1.82, 2.24) is 10.2 Å². The number of nitrogens with one attached hydrogen (secondary N) is 1. The van der Waals surface area contributed by atoms with Gasteiger partial charge in [-0.05, 0) is 16.7 Å². The van der Waals surface area contributed by atoms with Crippen LogP contribution in [0.25, 0.3) is 0 Å². The van der Waals surface area contributed by atoms with Gasteiger partial charge in [0.1, 0.15) is 0 Å². The van der Waals surface area contributed by atoms with E-state index in [4.69, 9.17) is 0 Å². The Bertz CT molecular complexity index is 761. The molecule has 0 unspecified atom stereocenters. The lowest BCUT2D eigenvalue weighted by Gasteiger charge is -2.46. The fourth-order valence-electron chi connectivity index (χ4n) is 3.80. The maximum absolute atomic E-state index is 12.9. The number of carbonyl (C=O) groups excluding carboxylic acids is 2. The van der Waals surface area contributed by atoms with Crippen LogP contribution in [-0.4, -0.2) is 33.8 Å². The molecule has 0 radical (unpaired) electrons. The van der Waals surface area contributed by atoms with E-state index < -0.39 is 0 Å². The molecule has 3 atom stereocenters. The van der Waals surface area contributed by atoms with Gasteiger partial charge >= 0.3 is 0 Å². The number of hydrogen-bond donors (Lipinski definition) is 1. The Kier molecular flexibility index (Phi) is 6.71. The zero-order valence-electron chi connectivity index (χ0n) is 16.0. The molecule has 2 amide bonds. The van der Waals surface area contributed by atoms with Gasteiger partial charge in [0.05, 0.1) is 12.0 Å². The zero-order valence-corrected chi connectivity index (χ0v) is 17.6. The third kappa shape index (κ3) is 4.43. The molecule has 0 saturated carbocycles. The summed E-state index contributed by atoms with van der Waals surface area (Å²) >= 11 is 3.48. The van der Waals surface area contributed by atoms with E-state index in [1.807, 2.05) is 40.3 Å². The van der Waals surface area contributed by atoms with Crippen molar-refractivity contribution >= 4 is 35.3 Å². The minimum Gasteiger partial charge on any atom is -0.332 e. The molecule has 1 aromatic carbocycles. The van der Waals surface area contributed by atoms with Crippen molar-refractivity contribution in [2.75, 3.05) is 5.75 Å². The highest BCUT2D eigenvalue weighted by Crippen LogP contribution is 2.49. The van der Waals surface area contributed by atoms with Gasteiger partial charge in [-0.25, -0.2) is 0 Å². The van der Waals surface area contributed by atoms with Crippen molar-refractivity contribution in [3.63, 3.8) is 0 Å². The van der Waals surface area contributed by atoms with Gasteiger partial charge in [0, 0.05) is 41.8 Å². The lowest BCUT2D eigenvalue weighted by molar-refractivity contribution is -0.150. The Morgan fingerprint density at radius 3 is 2.78 bits per heavy atom. The summed E-state index contributed by atoms with van der Waals surface area (Å²) in [6.07, 6.45) is 3.34. The van der Waals surface area contributed by atoms with Crippen LogP contribution in [-0.2, 0) is 16.0 Å². The lowest BCUT2D eigenvalue weighted by atomic mass is 9.85. The lowest BCUT2D eigenvalue weighted by Crippen LogP contribution is -2.60. The zero-order chi connectivity index (χ0) is 19.4. The number of allylic oxidation sites excluding steroid dienone is 1. The van der Waals surface area contributed by atoms with E-state index in [0.717, 1.165) is 24.3 Å². The highest BCUT2D eigenvalue weighted by Gasteiger charge is 2.54. The summed E-state index contributed by atoms with van der Waals surface area (Å²) in [6.45, 7) is 5.81. The monoisotopic (exact) mass is 402 g/mol. The number of fused-ring (bicyclic) bond motifs is 1. The van der Waals surface area contributed by atoms with Crippen LogP contribution in [0.5, 0.6) is 0 Å². The topological polar surface area (TPSA) is 49.4 Å². The second-order valence-electron chi connectivity index (χ2n) is 6.82. The van der Waals surface area contributed by atoms with E-state index >= 15 is 0 Å². The predicted octanol–water partition coefficient (Wildman–Crippen LogP) is 4.15. The third-order valence-corrected chi connectivity index (χ3v) is 7.10. The molecule has 2 aliphatic rings. The average Bonchev–Trinajstić information content (AvgIpc) is 2.93. The second kappa shape index (κ2) is 9.02. The van der Waals surface area contributed by atoms with Crippen molar-refractivity contribution in [3.8, 4) is 0 Å². The molecule has 6 heteroatoms. The van der Waals surface area contributed by atoms with Crippen LogP contribution in [0.15, 0.2) is 52.5 Å². The molecule has 1 fully saturated rings. The molecule has 27 heavy (non-hydrogen) atoms. The van der Waals surface area contributed by atoms with E-state index in [-0.39, 0.29) is 23.8 Å². The second-order valence-corrected chi connectivity index (χ2v) is 9.47. The summed E-state index contributed by atoms with van der Waals surface area (Å²) in [7, 11) is 0. The Balaban J connectivity index is 1.79. The summed E-state index contributed by atoms with van der Waals surface area (Å²) in [6, 6.07) is 10.6. The van der Waals surface area contributed by atoms with Gasteiger partial charge in [-0.3, -0.25) is 9.59 Å². The molecule has 1 N–H and O–H groups in total. The van der Waals surface area contributed by atoms with Crippen LogP contribution in [0, 0.1) is 5.92 Å². The fraction of sp³-hybridized carbons (Fsp3) is 0.429. The van der Waals surface area contributed by atoms with E-state index in [9.17, 15) is 9.59 Å². The minimum atomic E-state index is -0.0822. The van der Waals surface area contributed by atoms with Gasteiger partial charge < -0.3 is 10.2 Å². The molecule has 144 valence electrons. The molecule has 3 rings (SSSR count). The highest BCUT2D eigenvalue weighted by molar-refractivity contribution is 8.05. The molecular formula is C21H26N2O2S2. The maximum atomic E-state index is 12.9. The first kappa shape index (κ1) is 20.1. The largest absolute Gasteiger partial charge is 0.332 e. The van der Waals surface area contributed by atoms with Crippen LogP contribution in [0.1, 0.15) is 32.8 Å². The van der Waals surface area contributed by atoms with Crippen LogP contribution in [0.3, 0.4) is 0 Å². The molecule has 0 aliphatic carbocycles. The number of amides is 2. The van der Waals surface area contributed by atoms with Crippen LogP contribution >= 0.6 is 23.5 Å². The number of rotatable bonds is 8. The number of carbonyl (C=O) groups is 2. The molecule has 0 aromatic heterocycles. The van der Waals surface area contributed by atoms with Gasteiger partial charge in [-0.2, -0.15) is 11.8 Å². The van der Waals surface area contributed by atoms with E-state index in [1.54, 1.807) is 18.0 Å². The molecule has 0 bridgehead atoms. The average molecular weight is 403 g/mol. The molecule has 1 saturated heterocycles. The Labute approximate surface area is 169 Å². The quantitative estimate of drug-likeness (QED) is 0.664. The third-order valence-electron chi connectivity index (χ3n) is 4.99. The van der Waals surface area contributed by atoms with Crippen molar-refractivity contribution in [2.45, 2.75) is 44.9 Å². The molecular weight excluding hydrogens is 376 g/mol. The Morgan fingerprint density at radius 2 is 2.11 bits per heavy atom. The van der Waals surface area contributed by atoms with Gasteiger partial charge in [-0.15, -0.1) is 0 Å². The summed E-state index contributed by atoms with van der Waals surface area (Å²) in [5.74, 6) is 1.32. The minimum absolute atomic E-state index is 0.0822. The standard InChI is InChI=1S/C21H26N2O2S2/c1-4-26-14(2)20-18-13-19(27-11-10-22-15(3)24)17(23(18)21(20)25)12-16-8-6-5-7-9-16/h5-11,14,18,20H,4,12-13H2,1-3H3,(H,22,24)/b11-10+/t14-,18+,20+/m0/s1. The van der Waals surface area contributed by atoms with Crippen LogP contribution in [0.2, 0.25) is 0 Å².